The quantitative estimate of drug-likeness (QED) is 0.731. The Hall–Kier alpha value is -2.53. The van der Waals surface area contributed by atoms with Crippen LogP contribution in [-0.4, -0.2) is 25.1 Å². The van der Waals surface area contributed by atoms with Crippen molar-refractivity contribution in [1.29, 1.82) is 0 Å². The zero-order valence-electron chi connectivity index (χ0n) is 15.0. The van der Waals surface area contributed by atoms with Gasteiger partial charge in [0.05, 0.1) is 0 Å². The summed E-state index contributed by atoms with van der Waals surface area (Å²) >= 11 is 6.01. The van der Waals surface area contributed by atoms with E-state index in [1.54, 1.807) is 31.2 Å². The summed E-state index contributed by atoms with van der Waals surface area (Å²) in [4.78, 5) is 23.8. The van der Waals surface area contributed by atoms with Crippen molar-refractivity contribution in [1.82, 2.24) is 0 Å². The lowest BCUT2D eigenvalue weighted by Crippen LogP contribution is -2.24. The molecule has 0 saturated carbocycles. The first-order chi connectivity index (χ1) is 12.4. The molecule has 0 heterocycles. The van der Waals surface area contributed by atoms with Gasteiger partial charge >= 0.3 is 5.97 Å². The molecule has 2 aromatic carbocycles. The molecule has 1 amide bonds. The third kappa shape index (κ3) is 5.49. The van der Waals surface area contributed by atoms with Crippen LogP contribution in [0, 0.1) is 6.92 Å². The predicted octanol–water partition coefficient (Wildman–Crippen LogP) is 4.33. The Morgan fingerprint density at radius 1 is 1.08 bits per heavy atom. The van der Waals surface area contributed by atoms with Crippen LogP contribution in [-0.2, 0) is 14.3 Å². The predicted molar refractivity (Wildman–Crippen MR) is 102 cm³/mol. The number of rotatable bonds is 7. The molecule has 26 heavy (non-hydrogen) atoms. The summed E-state index contributed by atoms with van der Waals surface area (Å²) in [7, 11) is 0. The lowest BCUT2D eigenvalue weighted by molar-refractivity contribution is -0.149. The minimum absolute atomic E-state index is 0.257. The second-order valence-electron chi connectivity index (χ2n) is 6.10. The number of anilines is 1. The van der Waals surface area contributed by atoms with E-state index in [2.05, 4.69) is 5.32 Å². The molecule has 0 bridgehead atoms. The van der Waals surface area contributed by atoms with Crippen molar-refractivity contribution >= 4 is 29.2 Å². The minimum Gasteiger partial charge on any atom is -0.482 e. The molecule has 6 heteroatoms. The van der Waals surface area contributed by atoms with Crippen LogP contribution >= 0.6 is 11.6 Å². The van der Waals surface area contributed by atoms with E-state index in [4.69, 9.17) is 21.1 Å². The van der Waals surface area contributed by atoms with Crippen LogP contribution in [0.1, 0.15) is 30.9 Å². The first kappa shape index (κ1) is 19.8. The Morgan fingerprint density at radius 3 is 2.54 bits per heavy atom. The molecular weight excluding hydrogens is 354 g/mol. The van der Waals surface area contributed by atoms with E-state index >= 15 is 0 Å². The Kier molecular flexibility index (Phi) is 7.04. The molecule has 0 aliphatic heterocycles. The normalized spacial score (nSPS) is 10.5. The number of para-hydroxylation sites is 1. The SMILES string of the molecule is Cc1c(Cl)cccc1NC(=O)COC(=O)COc1ccccc1C(C)C. The summed E-state index contributed by atoms with van der Waals surface area (Å²) in [6, 6.07) is 12.7. The standard InChI is InChI=1S/C20H22ClNO4/c1-13(2)15-7-4-5-10-18(15)25-12-20(24)26-11-19(23)22-17-9-6-8-16(21)14(17)3/h4-10,13H,11-12H2,1-3H3,(H,22,23). The van der Waals surface area contributed by atoms with Crippen molar-refractivity contribution in [3.05, 3.63) is 58.6 Å². The van der Waals surface area contributed by atoms with E-state index in [0.717, 1.165) is 11.1 Å². The van der Waals surface area contributed by atoms with E-state index in [1.165, 1.54) is 0 Å². The topological polar surface area (TPSA) is 64.6 Å². The summed E-state index contributed by atoms with van der Waals surface area (Å²) in [5.74, 6) is -0.139. The molecule has 0 atom stereocenters. The van der Waals surface area contributed by atoms with Gasteiger partial charge in [-0.2, -0.15) is 0 Å². The average molecular weight is 376 g/mol. The molecular formula is C20H22ClNO4. The Labute approximate surface area is 158 Å². The molecule has 2 rings (SSSR count). The number of nitrogens with one attached hydrogen (secondary N) is 1. The molecule has 0 aromatic heterocycles. The van der Waals surface area contributed by atoms with Crippen LogP contribution in [0.15, 0.2) is 42.5 Å². The molecule has 1 N–H and O–H groups in total. The molecule has 0 aliphatic carbocycles. The van der Waals surface area contributed by atoms with Crippen molar-refractivity contribution in [2.75, 3.05) is 18.5 Å². The molecule has 5 nitrogen and oxygen atoms in total. The number of hydrogen-bond acceptors (Lipinski definition) is 4. The monoisotopic (exact) mass is 375 g/mol. The van der Waals surface area contributed by atoms with Gasteiger partial charge in [0, 0.05) is 10.7 Å². The summed E-state index contributed by atoms with van der Waals surface area (Å²) < 4.78 is 10.5. The number of carbonyl (C=O) groups is 2. The van der Waals surface area contributed by atoms with Crippen LogP contribution in [0.4, 0.5) is 5.69 Å². The fraction of sp³-hybridized carbons (Fsp3) is 0.300. The fourth-order valence-electron chi connectivity index (χ4n) is 2.34. The first-order valence-electron chi connectivity index (χ1n) is 8.30. The molecule has 0 aliphatic rings. The highest BCUT2D eigenvalue weighted by atomic mass is 35.5. The lowest BCUT2D eigenvalue weighted by Gasteiger charge is -2.13. The van der Waals surface area contributed by atoms with E-state index < -0.39 is 11.9 Å². The van der Waals surface area contributed by atoms with Crippen LogP contribution in [0.25, 0.3) is 0 Å². The summed E-state index contributed by atoms with van der Waals surface area (Å²) in [6.07, 6.45) is 0. The highest BCUT2D eigenvalue weighted by Gasteiger charge is 2.12. The zero-order valence-corrected chi connectivity index (χ0v) is 15.8. The van der Waals surface area contributed by atoms with Crippen molar-refractivity contribution in [3.8, 4) is 5.75 Å². The second-order valence-corrected chi connectivity index (χ2v) is 6.51. The summed E-state index contributed by atoms with van der Waals surface area (Å²) in [6.45, 7) is 5.24. The number of halogens is 1. The number of benzene rings is 2. The van der Waals surface area contributed by atoms with Gasteiger partial charge in [0.2, 0.25) is 0 Å². The Morgan fingerprint density at radius 2 is 1.81 bits per heavy atom. The van der Waals surface area contributed by atoms with Gasteiger partial charge in [-0.25, -0.2) is 4.79 Å². The van der Waals surface area contributed by atoms with E-state index in [-0.39, 0.29) is 19.1 Å². The maximum absolute atomic E-state index is 11.9. The first-order valence-corrected chi connectivity index (χ1v) is 8.68. The maximum atomic E-state index is 11.9. The van der Waals surface area contributed by atoms with Gasteiger partial charge in [0.25, 0.3) is 5.91 Å². The summed E-state index contributed by atoms with van der Waals surface area (Å²) in [5, 5.41) is 3.22. The van der Waals surface area contributed by atoms with Gasteiger partial charge in [0.15, 0.2) is 13.2 Å². The number of esters is 1. The molecule has 0 spiro atoms. The van der Waals surface area contributed by atoms with Crippen molar-refractivity contribution in [2.45, 2.75) is 26.7 Å². The number of hydrogen-bond donors (Lipinski definition) is 1. The number of carbonyl (C=O) groups excluding carboxylic acids is 2. The van der Waals surface area contributed by atoms with Gasteiger partial charge in [-0.3, -0.25) is 4.79 Å². The average Bonchev–Trinajstić information content (AvgIpc) is 2.62. The van der Waals surface area contributed by atoms with Crippen molar-refractivity contribution < 1.29 is 19.1 Å². The number of amides is 1. The van der Waals surface area contributed by atoms with Crippen LogP contribution in [0.3, 0.4) is 0 Å². The minimum atomic E-state index is -0.610. The largest absolute Gasteiger partial charge is 0.482 e. The summed E-state index contributed by atoms with van der Waals surface area (Å²) in [5.41, 5.74) is 2.35. The highest BCUT2D eigenvalue weighted by Crippen LogP contribution is 2.26. The molecule has 0 unspecified atom stereocenters. The van der Waals surface area contributed by atoms with E-state index in [1.807, 2.05) is 32.0 Å². The molecule has 0 saturated heterocycles. The van der Waals surface area contributed by atoms with Gasteiger partial charge in [-0.15, -0.1) is 0 Å². The Bertz CT molecular complexity index is 789. The van der Waals surface area contributed by atoms with Crippen molar-refractivity contribution in [3.63, 3.8) is 0 Å². The third-order valence-corrected chi connectivity index (χ3v) is 4.20. The number of ether oxygens (including phenoxy) is 2. The van der Waals surface area contributed by atoms with Crippen molar-refractivity contribution in [2.24, 2.45) is 0 Å². The van der Waals surface area contributed by atoms with Crippen LogP contribution in [0.5, 0.6) is 5.75 Å². The van der Waals surface area contributed by atoms with Gasteiger partial charge < -0.3 is 14.8 Å². The second kappa shape index (κ2) is 9.25. The maximum Gasteiger partial charge on any atom is 0.344 e. The van der Waals surface area contributed by atoms with Gasteiger partial charge in [0.1, 0.15) is 5.75 Å². The smallest absolute Gasteiger partial charge is 0.344 e. The highest BCUT2D eigenvalue weighted by molar-refractivity contribution is 6.31. The molecule has 2 aromatic rings. The van der Waals surface area contributed by atoms with Gasteiger partial charge in [-0.05, 0) is 42.2 Å². The zero-order chi connectivity index (χ0) is 19.1. The third-order valence-electron chi connectivity index (χ3n) is 3.79. The van der Waals surface area contributed by atoms with Gasteiger partial charge in [-0.1, -0.05) is 49.7 Å². The fourth-order valence-corrected chi connectivity index (χ4v) is 2.52. The molecule has 138 valence electrons. The molecule has 0 fully saturated rings. The van der Waals surface area contributed by atoms with Crippen LogP contribution < -0.4 is 10.1 Å². The van der Waals surface area contributed by atoms with E-state index in [0.29, 0.717) is 16.5 Å². The van der Waals surface area contributed by atoms with E-state index in [9.17, 15) is 9.59 Å². The Balaban J connectivity index is 1.82. The molecule has 0 radical (unpaired) electrons. The van der Waals surface area contributed by atoms with Crippen LogP contribution in [0.2, 0.25) is 5.02 Å². The lowest BCUT2D eigenvalue weighted by atomic mass is 10.0.